The van der Waals surface area contributed by atoms with E-state index in [0.717, 1.165) is 69.5 Å². The predicted octanol–water partition coefficient (Wildman–Crippen LogP) is 5.68. The number of likely N-dealkylation sites (tertiary alicyclic amines) is 1. The minimum Gasteiger partial charge on any atom is -0.493 e. The van der Waals surface area contributed by atoms with Crippen molar-refractivity contribution in [3.05, 3.63) is 52.5 Å². The van der Waals surface area contributed by atoms with Crippen molar-refractivity contribution < 1.29 is 19.0 Å². The van der Waals surface area contributed by atoms with Gasteiger partial charge in [-0.2, -0.15) is 0 Å². The van der Waals surface area contributed by atoms with Crippen LogP contribution in [0.4, 0.5) is 10.2 Å². The number of nitrogens with one attached hydrogen (secondary N) is 1. The number of hydrogen-bond donors (Lipinski definition) is 2. The van der Waals surface area contributed by atoms with Gasteiger partial charge in [-0.25, -0.2) is 9.37 Å². The summed E-state index contributed by atoms with van der Waals surface area (Å²) in [5, 5.41) is 13.6. The van der Waals surface area contributed by atoms with E-state index in [1.165, 1.54) is 30.9 Å². The smallest absolute Gasteiger partial charge is 0.325 e. The molecule has 220 valence electrons. The normalized spacial score (nSPS) is 18.4. The third-order valence-electron chi connectivity index (χ3n) is 8.35. The summed E-state index contributed by atoms with van der Waals surface area (Å²) in [6.45, 7) is 10.3. The van der Waals surface area contributed by atoms with Crippen LogP contribution in [0.2, 0.25) is 0 Å². The molecule has 2 atom stereocenters. The molecule has 8 heteroatoms. The zero-order valence-electron chi connectivity index (χ0n) is 24.9. The van der Waals surface area contributed by atoms with Gasteiger partial charge in [-0.15, -0.1) is 0 Å². The van der Waals surface area contributed by atoms with E-state index in [4.69, 9.17) is 9.72 Å². The molecule has 0 bridgehead atoms. The van der Waals surface area contributed by atoms with E-state index in [-0.39, 0.29) is 11.2 Å². The number of aliphatic carboxylic acids is 1. The SMILES string of the molecule is COc1c(F)cc(C(C)(C)C)cc1C(C(=O)O)N1CCC(CN(C)CCCCCc2ccc3c(n2)NCCC3)C1. The first-order valence-electron chi connectivity index (χ1n) is 14.8. The molecule has 2 N–H and O–H groups in total. The van der Waals surface area contributed by atoms with Crippen LogP contribution in [0.15, 0.2) is 24.3 Å². The number of ether oxygens (including phenoxy) is 1. The number of anilines is 1. The Bertz CT molecular complexity index is 1170. The second-order valence-electron chi connectivity index (χ2n) is 12.6. The fourth-order valence-corrected chi connectivity index (χ4v) is 6.10. The first-order valence-corrected chi connectivity index (χ1v) is 14.8. The molecule has 1 aromatic carbocycles. The molecule has 2 aliphatic heterocycles. The molecule has 0 radical (unpaired) electrons. The molecule has 4 rings (SSSR count). The summed E-state index contributed by atoms with van der Waals surface area (Å²) in [6.07, 6.45) is 7.65. The van der Waals surface area contributed by atoms with Gasteiger partial charge in [0.15, 0.2) is 11.6 Å². The lowest BCUT2D eigenvalue weighted by Crippen LogP contribution is -2.35. The Hall–Kier alpha value is -2.71. The minimum atomic E-state index is -0.970. The van der Waals surface area contributed by atoms with Gasteiger partial charge in [0.2, 0.25) is 0 Å². The minimum absolute atomic E-state index is 0.0304. The number of halogens is 1. The number of aryl methyl sites for hydroxylation is 2. The number of aromatic nitrogens is 1. The summed E-state index contributed by atoms with van der Waals surface area (Å²) in [4.78, 5) is 21.6. The summed E-state index contributed by atoms with van der Waals surface area (Å²) < 4.78 is 20.4. The van der Waals surface area contributed by atoms with Crippen molar-refractivity contribution in [3.63, 3.8) is 0 Å². The van der Waals surface area contributed by atoms with Crippen LogP contribution >= 0.6 is 0 Å². The predicted molar refractivity (Wildman–Crippen MR) is 158 cm³/mol. The van der Waals surface area contributed by atoms with Crippen LogP contribution in [0.5, 0.6) is 5.75 Å². The zero-order chi connectivity index (χ0) is 28.9. The summed E-state index contributed by atoms with van der Waals surface area (Å²) in [5.41, 5.74) is 3.36. The average Bonchev–Trinajstić information content (AvgIpc) is 3.35. The number of fused-ring (bicyclic) bond motifs is 1. The monoisotopic (exact) mass is 554 g/mol. The molecular formula is C32H47FN4O3. The summed E-state index contributed by atoms with van der Waals surface area (Å²) >= 11 is 0. The van der Waals surface area contributed by atoms with Crippen molar-refractivity contribution in [2.24, 2.45) is 5.92 Å². The van der Waals surface area contributed by atoms with Crippen molar-refractivity contribution in [1.82, 2.24) is 14.8 Å². The van der Waals surface area contributed by atoms with Crippen molar-refractivity contribution in [2.45, 2.75) is 77.2 Å². The van der Waals surface area contributed by atoms with Crippen molar-refractivity contribution in [1.29, 1.82) is 0 Å². The van der Waals surface area contributed by atoms with E-state index in [2.05, 4.69) is 29.4 Å². The Kier molecular flexibility index (Phi) is 10.1. The first-order chi connectivity index (χ1) is 19.1. The van der Waals surface area contributed by atoms with Gasteiger partial charge < -0.3 is 20.1 Å². The topological polar surface area (TPSA) is 77.9 Å². The molecule has 1 aromatic heterocycles. The fraction of sp³-hybridized carbons (Fsp3) is 0.625. The lowest BCUT2D eigenvalue weighted by Gasteiger charge is -2.29. The molecule has 0 spiro atoms. The number of hydrogen-bond acceptors (Lipinski definition) is 6. The number of benzene rings is 1. The number of nitrogens with zero attached hydrogens (tertiary/aromatic N) is 3. The molecular weight excluding hydrogens is 507 g/mol. The number of carbonyl (C=O) groups is 1. The molecule has 1 saturated heterocycles. The Morgan fingerprint density at radius 1 is 1.27 bits per heavy atom. The Morgan fingerprint density at radius 3 is 2.80 bits per heavy atom. The molecule has 2 unspecified atom stereocenters. The zero-order valence-corrected chi connectivity index (χ0v) is 24.9. The van der Waals surface area contributed by atoms with Crippen LogP contribution in [-0.4, -0.2) is 72.7 Å². The Balaban J connectivity index is 1.27. The molecule has 1 fully saturated rings. The fourth-order valence-electron chi connectivity index (χ4n) is 6.10. The lowest BCUT2D eigenvalue weighted by atomic mass is 9.84. The van der Waals surface area contributed by atoms with Crippen LogP contribution in [-0.2, 0) is 23.1 Å². The standard InChI is InChI=1S/C32H47FN4O3/c1-32(2,3)24-18-26(29(40-5)27(33)19-24)28(31(38)39)37-17-14-22(21-37)20-36(4)16-8-6-7-11-25-13-12-23-10-9-15-34-30(23)35-25/h12-13,18-19,22,28H,6-11,14-17,20-21H2,1-5H3,(H,34,35)(H,38,39). The maximum absolute atomic E-state index is 15.0. The second kappa shape index (κ2) is 13.3. The van der Waals surface area contributed by atoms with Crippen LogP contribution in [0.25, 0.3) is 0 Å². The quantitative estimate of drug-likeness (QED) is 0.327. The van der Waals surface area contributed by atoms with Gasteiger partial charge in [-0.3, -0.25) is 9.69 Å². The number of unbranched alkanes of at least 4 members (excludes halogenated alkanes) is 2. The van der Waals surface area contributed by atoms with Crippen LogP contribution in [0.3, 0.4) is 0 Å². The van der Waals surface area contributed by atoms with Gasteiger partial charge >= 0.3 is 5.97 Å². The van der Waals surface area contributed by atoms with Gasteiger partial charge in [0.1, 0.15) is 11.9 Å². The number of carboxylic acids is 1. The molecule has 3 heterocycles. The Labute approximate surface area is 239 Å². The van der Waals surface area contributed by atoms with Gasteiger partial charge in [0.05, 0.1) is 7.11 Å². The van der Waals surface area contributed by atoms with E-state index in [9.17, 15) is 14.3 Å². The first kappa shape index (κ1) is 30.3. The highest BCUT2D eigenvalue weighted by atomic mass is 19.1. The lowest BCUT2D eigenvalue weighted by molar-refractivity contribution is -0.143. The number of methoxy groups -OCH3 is 1. The van der Waals surface area contributed by atoms with Crippen LogP contribution in [0.1, 0.15) is 81.3 Å². The average molecular weight is 555 g/mol. The van der Waals surface area contributed by atoms with Crippen LogP contribution < -0.4 is 10.1 Å². The highest BCUT2D eigenvalue weighted by molar-refractivity contribution is 5.77. The summed E-state index contributed by atoms with van der Waals surface area (Å²) in [7, 11) is 3.55. The van der Waals surface area contributed by atoms with E-state index >= 15 is 0 Å². The van der Waals surface area contributed by atoms with Crippen molar-refractivity contribution >= 4 is 11.8 Å². The van der Waals surface area contributed by atoms with Crippen molar-refractivity contribution in [2.75, 3.05) is 52.2 Å². The van der Waals surface area contributed by atoms with Crippen LogP contribution in [0, 0.1) is 11.7 Å². The highest BCUT2D eigenvalue weighted by Gasteiger charge is 2.37. The van der Waals surface area contributed by atoms with E-state index < -0.39 is 17.8 Å². The molecule has 0 saturated carbocycles. The van der Waals surface area contributed by atoms with Gasteiger partial charge in [0, 0.05) is 30.9 Å². The maximum atomic E-state index is 15.0. The van der Waals surface area contributed by atoms with Gasteiger partial charge in [-0.05, 0) is 99.3 Å². The second-order valence-corrected chi connectivity index (χ2v) is 12.6. The molecule has 2 aromatic rings. The third-order valence-corrected chi connectivity index (χ3v) is 8.35. The molecule has 2 aliphatic rings. The largest absolute Gasteiger partial charge is 0.493 e. The van der Waals surface area contributed by atoms with Gasteiger partial charge in [0.25, 0.3) is 0 Å². The molecule has 0 amide bonds. The number of carboxylic acid groups (broad SMARTS) is 1. The highest BCUT2D eigenvalue weighted by Crippen LogP contribution is 2.38. The van der Waals surface area contributed by atoms with E-state index in [1.54, 1.807) is 0 Å². The summed E-state index contributed by atoms with van der Waals surface area (Å²) in [6, 6.07) is 6.75. The maximum Gasteiger partial charge on any atom is 0.325 e. The summed E-state index contributed by atoms with van der Waals surface area (Å²) in [5.74, 6) is 0.000839. The van der Waals surface area contributed by atoms with Gasteiger partial charge in [-0.1, -0.05) is 33.3 Å². The molecule has 7 nitrogen and oxygen atoms in total. The third kappa shape index (κ3) is 7.52. The molecule has 40 heavy (non-hydrogen) atoms. The number of pyridine rings is 1. The van der Waals surface area contributed by atoms with E-state index in [1.807, 2.05) is 31.7 Å². The molecule has 0 aliphatic carbocycles. The van der Waals surface area contributed by atoms with Crippen molar-refractivity contribution in [3.8, 4) is 5.75 Å². The Morgan fingerprint density at radius 2 is 2.08 bits per heavy atom. The number of rotatable bonds is 12. The van der Waals surface area contributed by atoms with E-state index in [0.29, 0.717) is 24.6 Å².